The van der Waals surface area contributed by atoms with Gasteiger partial charge >= 0.3 is 0 Å². The highest BCUT2D eigenvalue weighted by atomic mass is 16.5. The van der Waals surface area contributed by atoms with E-state index in [-0.39, 0.29) is 0 Å². The van der Waals surface area contributed by atoms with Crippen molar-refractivity contribution in [2.45, 2.75) is 26.1 Å². The number of aliphatic imine (C=N–C) groups is 1. The molecule has 2 heterocycles. The average Bonchev–Trinajstić information content (AvgIpc) is 3.41. The van der Waals surface area contributed by atoms with Gasteiger partial charge in [-0.3, -0.25) is 4.99 Å². The predicted octanol–water partition coefficient (Wildman–Crippen LogP) is 3.30. The van der Waals surface area contributed by atoms with Gasteiger partial charge in [-0.25, -0.2) is 0 Å². The topological polar surface area (TPSA) is 59.2 Å². The van der Waals surface area contributed by atoms with E-state index in [1.165, 1.54) is 5.56 Å². The monoisotopic (exact) mass is 385 g/mol. The van der Waals surface area contributed by atoms with E-state index >= 15 is 0 Å². The van der Waals surface area contributed by atoms with Crippen molar-refractivity contribution in [1.29, 1.82) is 0 Å². The zero-order chi connectivity index (χ0) is 19.4. The standard InChI is InChI=1S/C22H31N3O3/c1-23-22(24-11-6-13-26-18-21-9-5-14-28-21)25-12-10-20(15-25)17-27-16-19-7-3-2-4-8-19/h2-5,7-9,14,20H,6,10-13,15-18H2,1H3,(H,23,24). The number of guanidine groups is 1. The van der Waals surface area contributed by atoms with Crippen molar-refractivity contribution >= 4 is 5.96 Å². The Bertz CT molecular complexity index is 688. The van der Waals surface area contributed by atoms with Crippen LogP contribution in [0.4, 0.5) is 0 Å². The summed E-state index contributed by atoms with van der Waals surface area (Å²) in [6.07, 6.45) is 3.74. The maximum Gasteiger partial charge on any atom is 0.193 e. The molecule has 28 heavy (non-hydrogen) atoms. The molecule has 1 aliphatic rings. The fraction of sp³-hybridized carbons (Fsp3) is 0.500. The van der Waals surface area contributed by atoms with Crippen LogP contribution in [0.15, 0.2) is 58.1 Å². The number of hydrogen-bond donors (Lipinski definition) is 1. The Morgan fingerprint density at radius 2 is 2.07 bits per heavy atom. The number of nitrogens with one attached hydrogen (secondary N) is 1. The molecule has 0 spiro atoms. The molecule has 0 radical (unpaired) electrons. The minimum Gasteiger partial charge on any atom is -0.467 e. The number of furan rings is 1. The molecule has 1 atom stereocenters. The number of nitrogens with zero attached hydrogens (tertiary/aromatic N) is 2. The third kappa shape index (κ3) is 6.69. The first kappa shape index (κ1) is 20.4. The van der Waals surface area contributed by atoms with Crippen LogP contribution in [-0.2, 0) is 22.7 Å². The van der Waals surface area contributed by atoms with Gasteiger partial charge in [-0.1, -0.05) is 30.3 Å². The lowest BCUT2D eigenvalue weighted by molar-refractivity contribution is 0.0906. The lowest BCUT2D eigenvalue weighted by Crippen LogP contribution is -2.40. The van der Waals surface area contributed by atoms with Gasteiger partial charge in [0.05, 0.1) is 19.5 Å². The van der Waals surface area contributed by atoms with Crippen molar-refractivity contribution in [1.82, 2.24) is 10.2 Å². The van der Waals surface area contributed by atoms with Gasteiger partial charge < -0.3 is 24.1 Å². The van der Waals surface area contributed by atoms with Gasteiger partial charge in [-0.2, -0.15) is 0 Å². The summed E-state index contributed by atoms with van der Waals surface area (Å²) >= 11 is 0. The Morgan fingerprint density at radius 1 is 1.18 bits per heavy atom. The number of ether oxygens (including phenoxy) is 2. The Kier molecular flexibility index (Phi) is 8.40. The van der Waals surface area contributed by atoms with Gasteiger partial charge in [-0.05, 0) is 30.5 Å². The van der Waals surface area contributed by atoms with Crippen LogP contribution in [0.3, 0.4) is 0 Å². The highest BCUT2D eigenvalue weighted by Crippen LogP contribution is 2.17. The largest absolute Gasteiger partial charge is 0.467 e. The molecule has 6 nitrogen and oxygen atoms in total. The Balaban J connectivity index is 1.27. The van der Waals surface area contributed by atoms with Crippen molar-refractivity contribution in [3.8, 4) is 0 Å². The summed E-state index contributed by atoms with van der Waals surface area (Å²) in [6.45, 7) is 5.55. The molecule has 152 valence electrons. The van der Waals surface area contributed by atoms with Gasteiger partial charge in [0.2, 0.25) is 0 Å². The van der Waals surface area contributed by atoms with Crippen LogP contribution in [0.25, 0.3) is 0 Å². The molecule has 0 aliphatic carbocycles. The van der Waals surface area contributed by atoms with E-state index in [2.05, 4.69) is 27.3 Å². The predicted molar refractivity (Wildman–Crippen MR) is 110 cm³/mol. The molecule has 1 N–H and O–H groups in total. The van der Waals surface area contributed by atoms with Crippen molar-refractivity contribution in [3.63, 3.8) is 0 Å². The molecule has 1 saturated heterocycles. The summed E-state index contributed by atoms with van der Waals surface area (Å²) in [5.74, 6) is 2.39. The highest BCUT2D eigenvalue weighted by Gasteiger charge is 2.24. The SMILES string of the molecule is CN=C(NCCCOCc1ccco1)N1CCC(COCc2ccccc2)C1. The molecule has 0 saturated carbocycles. The second kappa shape index (κ2) is 11.5. The molecule has 1 aliphatic heterocycles. The molecule has 0 amide bonds. The van der Waals surface area contributed by atoms with E-state index in [9.17, 15) is 0 Å². The van der Waals surface area contributed by atoms with Gasteiger partial charge in [0.1, 0.15) is 12.4 Å². The molecule has 1 aromatic carbocycles. The molecule has 1 unspecified atom stereocenters. The smallest absolute Gasteiger partial charge is 0.193 e. The first-order chi connectivity index (χ1) is 13.8. The van der Waals surface area contributed by atoms with E-state index in [0.29, 0.717) is 25.7 Å². The highest BCUT2D eigenvalue weighted by molar-refractivity contribution is 5.80. The molecule has 2 aromatic rings. The summed E-state index contributed by atoms with van der Waals surface area (Å²) in [5, 5.41) is 3.44. The van der Waals surface area contributed by atoms with Crippen molar-refractivity contribution in [3.05, 3.63) is 60.1 Å². The van der Waals surface area contributed by atoms with Crippen molar-refractivity contribution in [2.75, 3.05) is 39.9 Å². The Labute approximate surface area is 167 Å². The van der Waals surface area contributed by atoms with Gasteiger partial charge in [-0.15, -0.1) is 0 Å². The van der Waals surface area contributed by atoms with Crippen molar-refractivity contribution in [2.24, 2.45) is 10.9 Å². The fourth-order valence-electron chi connectivity index (χ4n) is 3.35. The van der Waals surface area contributed by atoms with Crippen molar-refractivity contribution < 1.29 is 13.9 Å². The maximum absolute atomic E-state index is 5.91. The van der Waals surface area contributed by atoms with Crippen LogP contribution in [0, 0.1) is 5.92 Å². The van der Waals surface area contributed by atoms with E-state index in [0.717, 1.165) is 50.8 Å². The van der Waals surface area contributed by atoms with Crippen LogP contribution >= 0.6 is 0 Å². The minimum atomic E-state index is 0.526. The molecule has 3 rings (SSSR count). The summed E-state index contributed by atoms with van der Waals surface area (Å²) in [6, 6.07) is 14.1. The molecule has 0 bridgehead atoms. The molecule has 1 fully saturated rings. The zero-order valence-electron chi connectivity index (χ0n) is 16.7. The van der Waals surface area contributed by atoms with E-state index in [1.54, 1.807) is 6.26 Å². The van der Waals surface area contributed by atoms with Crippen LogP contribution in [0.5, 0.6) is 0 Å². The lowest BCUT2D eigenvalue weighted by atomic mass is 10.1. The average molecular weight is 386 g/mol. The quantitative estimate of drug-likeness (QED) is 0.386. The minimum absolute atomic E-state index is 0.526. The normalized spacial score (nSPS) is 17.2. The molecular weight excluding hydrogens is 354 g/mol. The Morgan fingerprint density at radius 3 is 2.86 bits per heavy atom. The number of benzene rings is 1. The first-order valence-corrected chi connectivity index (χ1v) is 10.0. The van der Waals surface area contributed by atoms with Crippen LogP contribution in [0.2, 0.25) is 0 Å². The van der Waals surface area contributed by atoms with E-state index in [1.807, 2.05) is 37.4 Å². The van der Waals surface area contributed by atoms with E-state index in [4.69, 9.17) is 13.9 Å². The van der Waals surface area contributed by atoms with E-state index < -0.39 is 0 Å². The number of likely N-dealkylation sites (tertiary alicyclic amines) is 1. The summed E-state index contributed by atoms with van der Waals surface area (Å²) in [4.78, 5) is 6.75. The van der Waals surface area contributed by atoms with Crippen LogP contribution in [0.1, 0.15) is 24.2 Å². The van der Waals surface area contributed by atoms with Gasteiger partial charge in [0, 0.05) is 39.2 Å². The third-order valence-corrected chi connectivity index (χ3v) is 4.84. The zero-order valence-corrected chi connectivity index (χ0v) is 16.7. The Hall–Kier alpha value is -2.31. The number of rotatable bonds is 10. The fourth-order valence-corrected chi connectivity index (χ4v) is 3.35. The second-order valence-electron chi connectivity index (χ2n) is 7.06. The third-order valence-electron chi connectivity index (χ3n) is 4.84. The van der Waals surface area contributed by atoms with Crippen LogP contribution in [-0.4, -0.2) is 50.8 Å². The molecule has 1 aromatic heterocycles. The summed E-state index contributed by atoms with van der Waals surface area (Å²) in [5.41, 5.74) is 1.23. The lowest BCUT2D eigenvalue weighted by Gasteiger charge is -2.21. The van der Waals surface area contributed by atoms with Crippen LogP contribution < -0.4 is 5.32 Å². The first-order valence-electron chi connectivity index (χ1n) is 10.0. The summed E-state index contributed by atoms with van der Waals surface area (Å²) < 4.78 is 16.8. The molecule has 6 heteroatoms. The summed E-state index contributed by atoms with van der Waals surface area (Å²) in [7, 11) is 1.84. The van der Waals surface area contributed by atoms with Gasteiger partial charge in [0.15, 0.2) is 5.96 Å². The second-order valence-corrected chi connectivity index (χ2v) is 7.06. The molecular formula is C22H31N3O3. The number of hydrogen-bond acceptors (Lipinski definition) is 4. The van der Waals surface area contributed by atoms with Gasteiger partial charge in [0.25, 0.3) is 0 Å². The maximum atomic E-state index is 5.91.